The molecule has 5 nitrogen and oxygen atoms in total. The third-order valence-electron chi connectivity index (χ3n) is 5.85. The first-order chi connectivity index (χ1) is 14.8. The number of pyridine rings is 1. The third kappa shape index (κ3) is 5.36. The lowest BCUT2D eigenvalue weighted by Gasteiger charge is -2.38. The Bertz CT molecular complexity index is 889. The molecule has 1 fully saturated rings. The highest BCUT2D eigenvalue weighted by Gasteiger charge is 2.29. The summed E-state index contributed by atoms with van der Waals surface area (Å²) in [6, 6.07) is 18.3. The Morgan fingerprint density at radius 3 is 2.53 bits per heavy atom. The quantitative estimate of drug-likeness (QED) is 0.559. The Morgan fingerprint density at radius 1 is 1.03 bits per heavy atom. The van der Waals surface area contributed by atoms with E-state index in [1.165, 1.54) is 12.0 Å². The van der Waals surface area contributed by atoms with E-state index in [1.807, 2.05) is 23.2 Å². The van der Waals surface area contributed by atoms with Gasteiger partial charge in [-0.15, -0.1) is 0 Å². The molecule has 5 heteroatoms. The molecule has 4 rings (SSSR count). The molecule has 3 aromatic rings. The normalized spacial score (nSPS) is 15.2. The van der Waals surface area contributed by atoms with Gasteiger partial charge >= 0.3 is 0 Å². The van der Waals surface area contributed by atoms with E-state index < -0.39 is 0 Å². The number of carbonyl (C=O) groups is 1. The number of aromatic nitrogens is 1. The summed E-state index contributed by atoms with van der Waals surface area (Å²) in [5, 5.41) is 0. The summed E-state index contributed by atoms with van der Waals surface area (Å²) in [7, 11) is 0. The molecule has 1 aliphatic rings. The number of hydrogen-bond acceptors (Lipinski definition) is 4. The highest BCUT2D eigenvalue weighted by molar-refractivity contribution is 5.91. The van der Waals surface area contributed by atoms with Gasteiger partial charge in [-0.25, -0.2) is 0 Å². The highest BCUT2D eigenvalue weighted by Crippen LogP contribution is 2.22. The van der Waals surface area contributed by atoms with E-state index in [4.69, 9.17) is 4.42 Å². The minimum atomic E-state index is -0.0358. The van der Waals surface area contributed by atoms with Crippen LogP contribution in [0.25, 0.3) is 0 Å². The van der Waals surface area contributed by atoms with Crippen molar-refractivity contribution < 1.29 is 9.21 Å². The molecule has 156 valence electrons. The number of rotatable bonds is 8. The molecule has 1 amide bonds. The van der Waals surface area contributed by atoms with Gasteiger partial charge in [0.15, 0.2) is 5.76 Å². The Labute approximate surface area is 178 Å². The van der Waals surface area contributed by atoms with Gasteiger partial charge in [0.2, 0.25) is 0 Å². The molecule has 0 spiro atoms. The van der Waals surface area contributed by atoms with Gasteiger partial charge in [-0.05, 0) is 61.6 Å². The van der Waals surface area contributed by atoms with Crippen LogP contribution in [0.5, 0.6) is 0 Å². The zero-order chi connectivity index (χ0) is 20.6. The van der Waals surface area contributed by atoms with Crippen LogP contribution in [0, 0.1) is 0 Å². The lowest BCUT2D eigenvalue weighted by atomic mass is 10.0. The van der Waals surface area contributed by atoms with Crippen molar-refractivity contribution in [1.29, 1.82) is 0 Å². The second kappa shape index (κ2) is 10.2. The summed E-state index contributed by atoms with van der Waals surface area (Å²) in [4.78, 5) is 21.8. The maximum absolute atomic E-state index is 13.1. The first-order valence-corrected chi connectivity index (χ1v) is 10.8. The predicted molar refractivity (Wildman–Crippen MR) is 117 cm³/mol. The maximum Gasteiger partial charge on any atom is 0.290 e. The van der Waals surface area contributed by atoms with Gasteiger partial charge in [0.05, 0.1) is 6.26 Å². The van der Waals surface area contributed by atoms with Crippen LogP contribution in [-0.2, 0) is 13.0 Å². The second-order valence-electron chi connectivity index (χ2n) is 7.93. The van der Waals surface area contributed by atoms with Gasteiger partial charge in [0.1, 0.15) is 0 Å². The van der Waals surface area contributed by atoms with Crippen molar-refractivity contribution in [3.05, 3.63) is 90.1 Å². The Morgan fingerprint density at radius 2 is 1.83 bits per heavy atom. The van der Waals surface area contributed by atoms with Crippen LogP contribution in [0.15, 0.2) is 77.7 Å². The molecule has 0 bridgehead atoms. The standard InChI is InChI=1S/C25H29N3O2/c29-25(24-11-6-18-30-24)28(20-22-9-4-14-26-19-22)23-12-16-27(17-13-23)15-5-10-21-7-2-1-3-8-21/h1-4,6-9,11,14,18-19,23H,5,10,12-13,15-17,20H2. The smallest absolute Gasteiger partial charge is 0.290 e. The van der Waals surface area contributed by atoms with Crippen LogP contribution < -0.4 is 0 Å². The lowest BCUT2D eigenvalue weighted by Crippen LogP contribution is -2.47. The summed E-state index contributed by atoms with van der Waals surface area (Å²) in [5.74, 6) is 0.371. The molecule has 30 heavy (non-hydrogen) atoms. The molecule has 0 N–H and O–H groups in total. The topological polar surface area (TPSA) is 49.6 Å². The fourth-order valence-electron chi connectivity index (χ4n) is 4.20. The number of nitrogens with zero attached hydrogens (tertiary/aromatic N) is 3. The SMILES string of the molecule is O=C(c1ccco1)N(Cc1cccnc1)C1CCN(CCCc2ccccc2)CC1. The van der Waals surface area contributed by atoms with Crippen LogP contribution in [0.1, 0.15) is 40.9 Å². The molecule has 3 heterocycles. The van der Waals surface area contributed by atoms with Crippen molar-refractivity contribution in [3.63, 3.8) is 0 Å². The number of likely N-dealkylation sites (tertiary alicyclic amines) is 1. The molecule has 0 aliphatic carbocycles. The molecular weight excluding hydrogens is 374 g/mol. The molecule has 0 unspecified atom stereocenters. The Kier molecular flexibility index (Phi) is 6.93. The van der Waals surface area contributed by atoms with Crippen molar-refractivity contribution in [2.75, 3.05) is 19.6 Å². The number of amides is 1. The second-order valence-corrected chi connectivity index (χ2v) is 7.93. The summed E-state index contributed by atoms with van der Waals surface area (Å²) in [5.41, 5.74) is 2.45. The zero-order valence-corrected chi connectivity index (χ0v) is 17.3. The first kappa shape index (κ1) is 20.4. The van der Waals surface area contributed by atoms with Gasteiger partial charge in [0, 0.05) is 38.1 Å². The van der Waals surface area contributed by atoms with Gasteiger partial charge in [-0.3, -0.25) is 9.78 Å². The van der Waals surface area contributed by atoms with Crippen LogP contribution in [0.2, 0.25) is 0 Å². The molecule has 1 aliphatic heterocycles. The lowest BCUT2D eigenvalue weighted by molar-refractivity contribution is 0.0518. The zero-order valence-electron chi connectivity index (χ0n) is 17.3. The minimum Gasteiger partial charge on any atom is -0.459 e. The number of furan rings is 1. The molecule has 0 saturated carbocycles. The minimum absolute atomic E-state index is 0.0358. The molecule has 0 atom stereocenters. The van der Waals surface area contributed by atoms with Crippen molar-refractivity contribution in [2.45, 2.75) is 38.3 Å². The van der Waals surface area contributed by atoms with E-state index in [1.54, 1.807) is 24.6 Å². The average Bonchev–Trinajstić information content (AvgIpc) is 3.34. The van der Waals surface area contributed by atoms with Crippen molar-refractivity contribution >= 4 is 5.91 Å². The van der Waals surface area contributed by atoms with E-state index in [0.717, 1.165) is 44.5 Å². The Hall–Kier alpha value is -2.92. The molecule has 1 aromatic carbocycles. The average molecular weight is 404 g/mol. The van der Waals surface area contributed by atoms with E-state index in [0.29, 0.717) is 12.3 Å². The van der Waals surface area contributed by atoms with Gasteiger partial charge in [0.25, 0.3) is 5.91 Å². The van der Waals surface area contributed by atoms with Crippen LogP contribution >= 0.6 is 0 Å². The van der Waals surface area contributed by atoms with Crippen LogP contribution in [0.3, 0.4) is 0 Å². The van der Waals surface area contributed by atoms with Crippen molar-refractivity contribution in [1.82, 2.24) is 14.8 Å². The summed E-state index contributed by atoms with van der Waals surface area (Å²) >= 11 is 0. The maximum atomic E-state index is 13.1. The summed E-state index contributed by atoms with van der Waals surface area (Å²) < 4.78 is 5.40. The summed E-state index contributed by atoms with van der Waals surface area (Å²) in [6.45, 7) is 3.71. The van der Waals surface area contributed by atoms with Crippen molar-refractivity contribution in [2.24, 2.45) is 0 Å². The van der Waals surface area contributed by atoms with Gasteiger partial charge in [-0.2, -0.15) is 0 Å². The first-order valence-electron chi connectivity index (χ1n) is 10.8. The van der Waals surface area contributed by atoms with Gasteiger partial charge < -0.3 is 14.2 Å². The monoisotopic (exact) mass is 403 g/mol. The number of piperidine rings is 1. The van der Waals surface area contributed by atoms with E-state index in [2.05, 4.69) is 40.2 Å². The van der Waals surface area contributed by atoms with E-state index in [-0.39, 0.29) is 11.9 Å². The fraction of sp³-hybridized carbons (Fsp3) is 0.360. The molecule has 1 saturated heterocycles. The third-order valence-corrected chi connectivity index (χ3v) is 5.85. The fourth-order valence-corrected chi connectivity index (χ4v) is 4.20. The number of benzene rings is 1. The van der Waals surface area contributed by atoms with Crippen LogP contribution in [0.4, 0.5) is 0 Å². The van der Waals surface area contributed by atoms with Crippen molar-refractivity contribution in [3.8, 4) is 0 Å². The van der Waals surface area contributed by atoms with Gasteiger partial charge in [-0.1, -0.05) is 36.4 Å². The molecule has 0 radical (unpaired) electrons. The number of carbonyl (C=O) groups excluding carboxylic acids is 1. The molecular formula is C25H29N3O2. The van der Waals surface area contributed by atoms with E-state index in [9.17, 15) is 4.79 Å². The van der Waals surface area contributed by atoms with E-state index >= 15 is 0 Å². The summed E-state index contributed by atoms with van der Waals surface area (Å²) in [6.07, 6.45) is 9.41. The number of aryl methyl sites for hydroxylation is 1. The Balaban J connectivity index is 1.33. The highest BCUT2D eigenvalue weighted by atomic mass is 16.3. The predicted octanol–water partition coefficient (Wildman–Crippen LogP) is 4.41. The van der Waals surface area contributed by atoms with Crippen LogP contribution in [-0.4, -0.2) is 46.4 Å². The molecule has 2 aromatic heterocycles. The largest absolute Gasteiger partial charge is 0.459 e. The number of hydrogen-bond donors (Lipinski definition) is 0.